The Morgan fingerprint density at radius 2 is 1.94 bits per heavy atom. The first-order chi connectivity index (χ1) is 7.92. The van der Waals surface area contributed by atoms with Gasteiger partial charge in [0, 0.05) is 0 Å². The van der Waals surface area contributed by atoms with Crippen LogP contribution in [0.3, 0.4) is 0 Å². The van der Waals surface area contributed by atoms with Gasteiger partial charge in [-0.1, -0.05) is 13.3 Å². The summed E-state index contributed by atoms with van der Waals surface area (Å²) in [5.74, 6) is 2.77. The fourth-order valence-electron chi connectivity index (χ4n) is 4.69. The number of rotatable bonds is 0. The molecule has 1 unspecified atom stereocenters. The normalized spacial score (nSPS) is 58.6. The second-order valence-corrected chi connectivity index (χ2v) is 7.25. The molecule has 98 valence electrons. The van der Waals surface area contributed by atoms with E-state index in [-0.39, 0.29) is 5.60 Å². The third-order valence-electron chi connectivity index (χ3n) is 6.08. The zero-order valence-corrected chi connectivity index (χ0v) is 11.4. The molecule has 0 aromatic rings. The van der Waals surface area contributed by atoms with Crippen molar-refractivity contribution in [3.05, 3.63) is 0 Å². The fourth-order valence-corrected chi connectivity index (χ4v) is 4.69. The lowest BCUT2D eigenvalue weighted by molar-refractivity contribution is -0.150. The summed E-state index contributed by atoms with van der Waals surface area (Å²) in [4.78, 5) is 0. The van der Waals surface area contributed by atoms with E-state index in [1.54, 1.807) is 0 Å². The molecule has 3 rings (SSSR count). The molecule has 0 aromatic heterocycles. The Hall–Kier alpha value is -0.0800. The van der Waals surface area contributed by atoms with Crippen LogP contribution in [0.1, 0.15) is 52.9 Å². The molecule has 1 aliphatic heterocycles. The maximum absolute atomic E-state index is 10.6. The van der Waals surface area contributed by atoms with Crippen LogP contribution in [0.25, 0.3) is 0 Å². The average molecular weight is 238 g/mol. The van der Waals surface area contributed by atoms with E-state index < -0.39 is 5.60 Å². The van der Waals surface area contributed by atoms with E-state index >= 15 is 0 Å². The van der Waals surface area contributed by atoms with E-state index in [4.69, 9.17) is 4.74 Å². The predicted molar refractivity (Wildman–Crippen MR) is 67.7 cm³/mol. The largest absolute Gasteiger partial charge is 0.387 e. The molecule has 6 atom stereocenters. The van der Waals surface area contributed by atoms with Gasteiger partial charge >= 0.3 is 0 Å². The molecule has 2 aliphatic carbocycles. The van der Waals surface area contributed by atoms with Crippen molar-refractivity contribution in [2.75, 3.05) is 6.61 Å². The van der Waals surface area contributed by atoms with Gasteiger partial charge in [-0.25, -0.2) is 0 Å². The first-order valence-corrected chi connectivity index (χ1v) is 7.29. The van der Waals surface area contributed by atoms with Gasteiger partial charge in [0.2, 0.25) is 0 Å². The first-order valence-electron chi connectivity index (χ1n) is 7.29. The molecule has 17 heavy (non-hydrogen) atoms. The van der Waals surface area contributed by atoms with Gasteiger partial charge < -0.3 is 9.84 Å². The van der Waals surface area contributed by atoms with Crippen LogP contribution in [0.2, 0.25) is 0 Å². The molecule has 0 amide bonds. The van der Waals surface area contributed by atoms with Crippen molar-refractivity contribution < 1.29 is 9.84 Å². The van der Waals surface area contributed by atoms with Crippen LogP contribution in [0.15, 0.2) is 0 Å². The van der Waals surface area contributed by atoms with Crippen LogP contribution >= 0.6 is 0 Å². The molecule has 2 bridgehead atoms. The van der Waals surface area contributed by atoms with Gasteiger partial charge in [-0.15, -0.1) is 0 Å². The van der Waals surface area contributed by atoms with Crippen LogP contribution < -0.4 is 0 Å². The minimum atomic E-state index is -0.606. The van der Waals surface area contributed by atoms with Gasteiger partial charge in [0.05, 0.1) is 17.8 Å². The average Bonchev–Trinajstić information content (AvgIpc) is 2.48. The summed E-state index contributed by atoms with van der Waals surface area (Å²) < 4.78 is 6.19. The maximum Gasteiger partial charge on any atom is 0.0880 e. The van der Waals surface area contributed by atoms with E-state index in [1.807, 2.05) is 6.92 Å². The molecular weight excluding hydrogens is 212 g/mol. The molecule has 1 saturated heterocycles. The van der Waals surface area contributed by atoms with Gasteiger partial charge in [-0.2, -0.15) is 0 Å². The van der Waals surface area contributed by atoms with E-state index in [2.05, 4.69) is 13.8 Å². The molecule has 2 saturated carbocycles. The van der Waals surface area contributed by atoms with Crippen molar-refractivity contribution in [1.82, 2.24) is 0 Å². The lowest BCUT2D eigenvalue weighted by Gasteiger charge is -2.42. The Morgan fingerprint density at radius 3 is 2.71 bits per heavy atom. The molecule has 1 heterocycles. The molecule has 0 spiro atoms. The Morgan fingerprint density at radius 1 is 1.18 bits per heavy atom. The molecule has 1 N–H and O–H groups in total. The zero-order valence-electron chi connectivity index (χ0n) is 11.4. The lowest BCUT2D eigenvalue weighted by atomic mass is 9.74. The molecule has 0 radical (unpaired) electrons. The summed E-state index contributed by atoms with van der Waals surface area (Å²) in [5, 5.41) is 10.6. The highest BCUT2D eigenvalue weighted by Crippen LogP contribution is 2.55. The minimum absolute atomic E-state index is 0.0324. The van der Waals surface area contributed by atoms with Crippen LogP contribution in [-0.4, -0.2) is 22.9 Å². The Balaban J connectivity index is 1.96. The van der Waals surface area contributed by atoms with Gasteiger partial charge in [-0.05, 0) is 63.2 Å². The standard InChI is InChI=1S/C15H26O2/c1-10-4-5-13-12(10)8-11-6-7-15(13,3)17-9-14(11,2)16/h10-13,16H,4-9H2,1-3H3/t10-,11-,12-,13-,14?,15+/m1/s1. The molecular formula is C15H26O2. The fraction of sp³-hybridized carbons (Fsp3) is 1.00. The molecule has 3 aliphatic rings. The summed E-state index contributed by atoms with van der Waals surface area (Å²) in [5.41, 5.74) is -0.574. The Kier molecular flexibility index (Phi) is 2.61. The topological polar surface area (TPSA) is 29.5 Å². The van der Waals surface area contributed by atoms with E-state index in [9.17, 15) is 5.11 Å². The molecule has 2 nitrogen and oxygen atoms in total. The smallest absolute Gasteiger partial charge is 0.0880 e. The van der Waals surface area contributed by atoms with Gasteiger partial charge in [0.25, 0.3) is 0 Å². The van der Waals surface area contributed by atoms with Crippen LogP contribution in [0, 0.1) is 23.7 Å². The van der Waals surface area contributed by atoms with E-state index in [1.165, 1.54) is 19.3 Å². The molecule has 0 aromatic carbocycles. The molecule has 3 fully saturated rings. The van der Waals surface area contributed by atoms with Crippen molar-refractivity contribution in [3.63, 3.8) is 0 Å². The number of ether oxygens (including phenoxy) is 1. The quantitative estimate of drug-likeness (QED) is 0.703. The van der Waals surface area contributed by atoms with Gasteiger partial charge in [0.1, 0.15) is 0 Å². The van der Waals surface area contributed by atoms with Crippen LogP contribution in [0.4, 0.5) is 0 Å². The third kappa shape index (κ3) is 1.76. The monoisotopic (exact) mass is 238 g/mol. The summed E-state index contributed by atoms with van der Waals surface area (Å²) in [6, 6.07) is 0. The zero-order chi connectivity index (χ0) is 12.3. The lowest BCUT2D eigenvalue weighted by Crippen LogP contribution is -2.46. The number of hydrogen-bond acceptors (Lipinski definition) is 2. The number of hydrogen-bond donors (Lipinski definition) is 1. The summed E-state index contributed by atoms with van der Waals surface area (Å²) >= 11 is 0. The highest BCUT2D eigenvalue weighted by molar-refractivity contribution is 5.03. The maximum atomic E-state index is 10.6. The Labute approximate surface area is 105 Å². The van der Waals surface area contributed by atoms with E-state index in [0.29, 0.717) is 12.5 Å². The highest BCUT2D eigenvalue weighted by Gasteiger charge is 2.53. The predicted octanol–water partition coefficient (Wildman–Crippen LogP) is 2.99. The van der Waals surface area contributed by atoms with Crippen molar-refractivity contribution in [1.29, 1.82) is 0 Å². The number of aliphatic hydroxyl groups is 1. The summed E-state index contributed by atoms with van der Waals surface area (Å²) in [6.07, 6.45) is 6.18. The second kappa shape index (κ2) is 3.71. The van der Waals surface area contributed by atoms with Gasteiger partial charge in [-0.3, -0.25) is 0 Å². The van der Waals surface area contributed by atoms with Crippen molar-refractivity contribution >= 4 is 0 Å². The first kappa shape index (κ1) is 12.0. The van der Waals surface area contributed by atoms with E-state index in [0.717, 1.165) is 30.6 Å². The van der Waals surface area contributed by atoms with Crippen molar-refractivity contribution in [2.24, 2.45) is 23.7 Å². The second-order valence-electron chi connectivity index (χ2n) is 7.25. The van der Waals surface area contributed by atoms with Crippen molar-refractivity contribution in [2.45, 2.75) is 64.1 Å². The minimum Gasteiger partial charge on any atom is -0.387 e. The van der Waals surface area contributed by atoms with Gasteiger partial charge in [0.15, 0.2) is 0 Å². The van der Waals surface area contributed by atoms with Crippen LogP contribution in [-0.2, 0) is 4.74 Å². The highest BCUT2D eigenvalue weighted by atomic mass is 16.5. The molecule has 2 heteroatoms. The number of fused-ring (bicyclic) bond motifs is 5. The summed E-state index contributed by atoms with van der Waals surface area (Å²) in [6.45, 7) is 7.20. The van der Waals surface area contributed by atoms with Crippen molar-refractivity contribution in [3.8, 4) is 0 Å². The Bertz CT molecular complexity index is 312. The summed E-state index contributed by atoms with van der Waals surface area (Å²) in [7, 11) is 0. The van der Waals surface area contributed by atoms with Crippen LogP contribution in [0.5, 0.6) is 0 Å². The SMILES string of the molecule is C[C@@H]1CC[C@@H]2[C@@H]1C[C@H]1CC[C@]2(C)OCC1(C)O. The third-order valence-corrected chi connectivity index (χ3v) is 6.08.